The number of aryl methyl sites for hydroxylation is 2. The summed E-state index contributed by atoms with van der Waals surface area (Å²) in [6.07, 6.45) is 1.93. The summed E-state index contributed by atoms with van der Waals surface area (Å²) >= 11 is 1.69. The van der Waals surface area contributed by atoms with Crippen molar-refractivity contribution < 1.29 is 9.53 Å². The van der Waals surface area contributed by atoms with Gasteiger partial charge >= 0.3 is 6.09 Å². The fourth-order valence-corrected chi connectivity index (χ4v) is 3.23. The van der Waals surface area contributed by atoms with E-state index in [4.69, 9.17) is 4.74 Å². The topological polar surface area (TPSA) is 87.6 Å². The van der Waals surface area contributed by atoms with Crippen LogP contribution in [0.3, 0.4) is 0 Å². The predicted molar refractivity (Wildman–Crippen MR) is 96.5 cm³/mol. The van der Waals surface area contributed by atoms with E-state index in [0.717, 1.165) is 23.5 Å². The number of thiazole rings is 1. The molecule has 2 rings (SSSR count). The van der Waals surface area contributed by atoms with Gasteiger partial charge in [-0.2, -0.15) is 0 Å². The second kappa shape index (κ2) is 8.86. The molecule has 1 fully saturated rings. The average Bonchev–Trinajstić information content (AvgIpc) is 3.33. The molecule has 1 heterocycles. The normalized spacial score (nSPS) is 15.8. The van der Waals surface area contributed by atoms with E-state index in [-0.39, 0.29) is 12.1 Å². The Labute approximate surface area is 147 Å². The first-order valence-electron chi connectivity index (χ1n) is 8.34. The van der Waals surface area contributed by atoms with E-state index in [1.807, 2.05) is 6.92 Å². The van der Waals surface area contributed by atoms with E-state index in [1.54, 1.807) is 25.3 Å². The molecule has 1 aromatic rings. The maximum atomic E-state index is 11.6. The molecule has 1 amide bonds. The Kier molecular flexibility index (Phi) is 6.84. The minimum absolute atomic E-state index is 0.0620. The lowest BCUT2D eigenvalue weighted by molar-refractivity contribution is 0.146. The molecular formula is C16H27N5O2S. The average molecular weight is 353 g/mol. The van der Waals surface area contributed by atoms with Crippen LogP contribution in [0.15, 0.2) is 4.99 Å². The van der Waals surface area contributed by atoms with Gasteiger partial charge in [0.05, 0.1) is 24.9 Å². The first-order valence-corrected chi connectivity index (χ1v) is 9.15. The maximum Gasteiger partial charge on any atom is 0.407 e. The number of nitrogens with one attached hydrogen (secondary N) is 3. The number of hydrogen-bond acceptors (Lipinski definition) is 5. The van der Waals surface area contributed by atoms with Crippen molar-refractivity contribution in [3.05, 3.63) is 15.6 Å². The van der Waals surface area contributed by atoms with Gasteiger partial charge in [-0.15, -0.1) is 11.3 Å². The van der Waals surface area contributed by atoms with Gasteiger partial charge in [-0.1, -0.05) is 0 Å². The van der Waals surface area contributed by atoms with Gasteiger partial charge in [0.25, 0.3) is 0 Å². The van der Waals surface area contributed by atoms with Crippen LogP contribution >= 0.6 is 11.3 Å². The molecule has 0 aromatic carbocycles. The van der Waals surface area contributed by atoms with Gasteiger partial charge in [0.15, 0.2) is 5.96 Å². The molecule has 24 heavy (non-hydrogen) atoms. The first kappa shape index (κ1) is 18.5. The fourth-order valence-electron chi connectivity index (χ4n) is 2.36. The zero-order valence-electron chi connectivity index (χ0n) is 14.8. The van der Waals surface area contributed by atoms with Gasteiger partial charge in [0, 0.05) is 18.5 Å². The van der Waals surface area contributed by atoms with Crippen molar-refractivity contribution in [1.29, 1.82) is 0 Å². The van der Waals surface area contributed by atoms with Crippen LogP contribution in [0.2, 0.25) is 0 Å². The van der Waals surface area contributed by atoms with E-state index >= 15 is 0 Å². The molecule has 1 aliphatic carbocycles. The predicted octanol–water partition coefficient (Wildman–Crippen LogP) is 1.95. The second-order valence-electron chi connectivity index (χ2n) is 5.86. The summed E-state index contributed by atoms with van der Waals surface area (Å²) in [7, 11) is 1.73. The van der Waals surface area contributed by atoms with Crippen LogP contribution in [-0.2, 0) is 11.3 Å². The number of aromatic nitrogens is 1. The molecule has 8 heteroatoms. The Morgan fingerprint density at radius 3 is 2.71 bits per heavy atom. The number of ether oxygens (including phenoxy) is 1. The molecule has 0 bridgehead atoms. The molecule has 134 valence electrons. The minimum Gasteiger partial charge on any atom is -0.450 e. The third-order valence-corrected chi connectivity index (χ3v) is 5.04. The molecule has 1 atom stereocenters. The van der Waals surface area contributed by atoms with Gasteiger partial charge in [-0.05, 0) is 39.5 Å². The van der Waals surface area contributed by atoms with E-state index in [1.165, 1.54) is 4.88 Å². The van der Waals surface area contributed by atoms with E-state index in [0.29, 0.717) is 31.6 Å². The molecule has 1 aromatic heterocycles. The first-order chi connectivity index (χ1) is 11.5. The number of rotatable bonds is 7. The summed E-state index contributed by atoms with van der Waals surface area (Å²) in [6, 6.07) is 0.0620. The van der Waals surface area contributed by atoms with Crippen molar-refractivity contribution in [2.75, 3.05) is 20.2 Å². The smallest absolute Gasteiger partial charge is 0.407 e. The number of alkyl carbamates (subject to hydrolysis) is 1. The van der Waals surface area contributed by atoms with Crippen LogP contribution in [-0.4, -0.2) is 43.3 Å². The summed E-state index contributed by atoms with van der Waals surface area (Å²) in [5.74, 6) is 1.22. The molecule has 1 unspecified atom stereocenters. The Bertz CT molecular complexity index is 564. The lowest BCUT2D eigenvalue weighted by atomic mass is 10.2. The number of amides is 1. The number of hydrogen-bond donors (Lipinski definition) is 3. The zero-order valence-corrected chi connectivity index (χ0v) is 15.6. The van der Waals surface area contributed by atoms with Crippen LogP contribution in [0.1, 0.15) is 35.3 Å². The van der Waals surface area contributed by atoms with Crippen molar-refractivity contribution >= 4 is 23.4 Å². The molecule has 3 N–H and O–H groups in total. The largest absolute Gasteiger partial charge is 0.450 e. The molecule has 1 aliphatic rings. The third kappa shape index (κ3) is 5.67. The molecule has 7 nitrogen and oxygen atoms in total. The number of guanidine groups is 1. The monoisotopic (exact) mass is 353 g/mol. The highest BCUT2D eigenvalue weighted by Crippen LogP contribution is 2.32. The number of aliphatic imine (C=N–C) groups is 1. The SMILES string of the molecule is CCOC(=O)NC(CNC(=NC)NCc1nc(C)c(C)s1)C1CC1. The highest BCUT2D eigenvalue weighted by molar-refractivity contribution is 7.11. The lowest BCUT2D eigenvalue weighted by Crippen LogP contribution is -2.48. The van der Waals surface area contributed by atoms with Crippen LogP contribution in [0.5, 0.6) is 0 Å². The van der Waals surface area contributed by atoms with Crippen LogP contribution < -0.4 is 16.0 Å². The Morgan fingerprint density at radius 2 is 2.17 bits per heavy atom. The highest BCUT2D eigenvalue weighted by atomic mass is 32.1. The van der Waals surface area contributed by atoms with Gasteiger partial charge in [0.1, 0.15) is 5.01 Å². The molecule has 1 saturated carbocycles. The van der Waals surface area contributed by atoms with Crippen molar-refractivity contribution in [2.45, 2.75) is 46.2 Å². The fraction of sp³-hybridized carbons (Fsp3) is 0.688. The van der Waals surface area contributed by atoms with Gasteiger partial charge in [-0.25, -0.2) is 9.78 Å². The van der Waals surface area contributed by atoms with Crippen LogP contribution in [0, 0.1) is 19.8 Å². The molecule has 0 spiro atoms. The van der Waals surface area contributed by atoms with Gasteiger partial charge < -0.3 is 20.7 Å². The Balaban J connectivity index is 1.79. The van der Waals surface area contributed by atoms with E-state index in [2.05, 4.69) is 32.9 Å². The minimum atomic E-state index is -0.354. The summed E-state index contributed by atoms with van der Waals surface area (Å²) in [5, 5.41) is 10.5. The molecule has 0 aliphatic heterocycles. The van der Waals surface area contributed by atoms with Crippen LogP contribution in [0.25, 0.3) is 0 Å². The van der Waals surface area contributed by atoms with Crippen molar-refractivity contribution in [2.24, 2.45) is 10.9 Å². The number of carbonyl (C=O) groups is 1. The summed E-state index contributed by atoms with van der Waals surface area (Å²) in [4.78, 5) is 21.6. The summed E-state index contributed by atoms with van der Waals surface area (Å²) < 4.78 is 4.97. The summed E-state index contributed by atoms with van der Waals surface area (Å²) in [5.41, 5.74) is 1.08. The van der Waals surface area contributed by atoms with E-state index in [9.17, 15) is 4.79 Å². The second-order valence-corrected chi connectivity index (χ2v) is 7.15. The quantitative estimate of drug-likeness (QED) is 0.515. The van der Waals surface area contributed by atoms with Crippen molar-refractivity contribution in [1.82, 2.24) is 20.9 Å². The maximum absolute atomic E-state index is 11.6. The Hall–Kier alpha value is -1.83. The molecule has 0 saturated heterocycles. The lowest BCUT2D eigenvalue weighted by Gasteiger charge is -2.20. The Morgan fingerprint density at radius 1 is 1.42 bits per heavy atom. The zero-order chi connectivity index (χ0) is 17.5. The number of nitrogens with zero attached hydrogens (tertiary/aromatic N) is 2. The van der Waals surface area contributed by atoms with E-state index < -0.39 is 0 Å². The van der Waals surface area contributed by atoms with Gasteiger partial charge in [-0.3, -0.25) is 4.99 Å². The van der Waals surface area contributed by atoms with Crippen molar-refractivity contribution in [3.8, 4) is 0 Å². The molecular weight excluding hydrogens is 326 g/mol. The highest BCUT2D eigenvalue weighted by Gasteiger charge is 2.32. The third-order valence-electron chi connectivity index (χ3n) is 3.96. The summed E-state index contributed by atoms with van der Waals surface area (Å²) in [6.45, 7) is 7.54. The molecule has 0 radical (unpaired) electrons. The van der Waals surface area contributed by atoms with Gasteiger partial charge in [0.2, 0.25) is 0 Å². The number of carbonyl (C=O) groups excluding carboxylic acids is 1. The van der Waals surface area contributed by atoms with Crippen molar-refractivity contribution in [3.63, 3.8) is 0 Å². The standard InChI is InChI=1S/C16H27N5O2S/c1-5-23-16(22)21-13(12-6-7-12)8-18-15(17-4)19-9-14-20-10(2)11(3)24-14/h12-13H,5-9H2,1-4H3,(H,21,22)(H2,17,18,19). The van der Waals surface area contributed by atoms with Crippen LogP contribution in [0.4, 0.5) is 4.79 Å².